The fourth-order valence-corrected chi connectivity index (χ4v) is 8.79. The summed E-state index contributed by atoms with van der Waals surface area (Å²) in [6, 6.07) is 20.6. The summed E-state index contributed by atoms with van der Waals surface area (Å²) in [6.07, 6.45) is 8.81. The molecule has 6 nitrogen and oxygen atoms in total. The van der Waals surface area contributed by atoms with Crippen molar-refractivity contribution in [2.75, 3.05) is 42.7 Å². The molecule has 0 saturated carbocycles. The van der Waals surface area contributed by atoms with Crippen LogP contribution in [0.2, 0.25) is 0 Å². The Morgan fingerprint density at radius 2 is 1.04 bits per heavy atom. The monoisotopic (exact) mass is 814 g/mol. The van der Waals surface area contributed by atoms with Gasteiger partial charge in [-0.25, -0.2) is 0 Å². The van der Waals surface area contributed by atoms with E-state index in [9.17, 15) is 0 Å². The van der Waals surface area contributed by atoms with Crippen molar-refractivity contribution in [3.05, 3.63) is 103 Å². The summed E-state index contributed by atoms with van der Waals surface area (Å²) in [6.45, 7) is 0. The Morgan fingerprint density at radius 3 is 1.50 bits per heavy atom. The number of hydrogen-bond donors (Lipinski definition) is 0. The van der Waals surface area contributed by atoms with Gasteiger partial charge < -0.3 is 28.4 Å². The van der Waals surface area contributed by atoms with E-state index in [-0.39, 0.29) is 17.8 Å². The van der Waals surface area contributed by atoms with Gasteiger partial charge in [-0.1, -0.05) is 40.2 Å². The van der Waals surface area contributed by atoms with Crippen molar-refractivity contribution < 1.29 is 28.4 Å². The summed E-state index contributed by atoms with van der Waals surface area (Å²) in [5, 5.41) is 0.582. The third-order valence-corrected chi connectivity index (χ3v) is 10.8. The number of ether oxygens (including phenoxy) is 6. The standard InChI is InChI=1S/C35H35Br3O6.C2H2/c1-39-21-11-7-19(8-12-21)23-15-24(20-9-13-22(40-2)14-10-20)32(33-30(23)26(41-3)17-29(44-6)35(33)38)31-25(18-36)34(37)28(43-5)16-27(31)42-4;1-2/h7-14,16-17,23-24,32H,15,18H2,1-6H3;1-2H/t23-,24?,32?;/m1./s1. The van der Waals surface area contributed by atoms with Crippen molar-refractivity contribution in [1.82, 2.24) is 0 Å². The molecule has 0 amide bonds. The Bertz CT molecular complexity index is 1670. The van der Waals surface area contributed by atoms with E-state index in [4.69, 9.17) is 28.4 Å². The number of methoxy groups -OCH3 is 6. The maximum Gasteiger partial charge on any atom is 0.137 e. The van der Waals surface area contributed by atoms with Crippen LogP contribution < -0.4 is 28.4 Å². The van der Waals surface area contributed by atoms with Gasteiger partial charge in [-0.2, -0.15) is 0 Å². The first-order valence-electron chi connectivity index (χ1n) is 14.4. The van der Waals surface area contributed by atoms with Crippen LogP contribution >= 0.6 is 47.8 Å². The largest absolute Gasteiger partial charge is 0.497 e. The summed E-state index contributed by atoms with van der Waals surface area (Å²) < 4.78 is 36.7. The van der Waals surface area contributed by atoms with E-state index < -0.39 is 0 Å². The Labute approximate surface area is 297 Å². The van der Waals surface area contributed by atoms with Crippen LogP contribution in [-0.2, 0) is 5.33 Å². The van der Waals surface area contributed by atoms with Crippen molar-refractivity contribution in [2.45, 2.75) is 29.5 Å². The number of rotatable bonds is 10. The summed E-state index contributed by atoms with van der Waals surface area (Å²) >= 11 is 11.7. The van der Waals surface area contributed by atoms with E-state index in [2.05, 4.69) is 84.9 Å². The first-order valence-corrected chi connectivity index (χ1v) is 17.1. The van der Waals surface area contributed by atoms with Gasteiger partial charge in [0.05, 0.1) is 51.6 Å². The van der Waals surface area contributed by atoms with Crippen molar-refractivity contribution >= 4 is 47.8 Å². The number of terminal acetylenes is 1. The minimum Gasteiger partial charge on any atom is -0.497 e. The Balaban J connectivity index is 0.00000235. The molecule has 0 aliphatic heterocycles. The van der Waals surface area contributed by atoms with Crippen molar-refractivity contribution in [3.63, 3.8) is 0 Å². The average molecular weight is 817 g/mol. The molecule has 0 spiro atoms. The third kappa shape index (κ3) is 6.58. The molecule has 46 heavy (non-hydrogen) atoms. The molecule has 242 valence electrons. The molecule has 4 aromatic carbocycles. The van der Waals surface area contributed by atoms with Gasteiger partial charge >= 0.3 is 0 Å². The highest BCUT2D eigenvalue weighted by molar-refractivity contribution is 9.11. The predicted molar refractivity (Wildman–Crippen MR) is 194 cm³/mol. The minimum atomic E-state index is -0.157. The predicted octanol–water partition coefficient (Wildman–Crippen LogP) is 9.86. The van der Waals surface area contributed by atoms with Crippen molar-refractivity contribution in [2.24, 2.45) is 0 Å². The average Bonchev–Trinajstić information content (AvgIpc) is 3.11. The van der Waals surface area contributed by atoms with E-state index in [0.717, 1.165) is 60.6 Å². The number of fused-ring (bicyclic) bond motifs is 1. The van der Waals surface area contributed by atoms with Gasteiger partial charge in [-0.3, -0.25) is 0 Å². The summed E-state index contributed by atoms with van der Waals surface area (Å²) in [4.78, 5) is 0. The zero-order chi connectivity index (χ0) is 33.5. The van der Waals surface area contributed by atoms with Crippen LogP contribution in [0.5, 0.6) is 34.5 Å². The Kier molecular flexibility index (Phi) is 12.4. The number of benzene rings is 4. The second-order valence-corrected chi connectivity index (χ2v) is 12.6. The van der Waals surface area contributed by atoms with Gasteiger partial charge in [0.1, 0.15) is 34.5 Å². The van der Waals surface area contributed by atoms with Crippen molar-refractivity contribution in [3.8, 4) is 47.3 Å². The van der Waals surface area contributed by atoms with Gasteiger partial charge in [0.15, 0.2) is 0 Å². The van der Waals surface area contributed by atoms with E-state index >= 15 is 0 Å². The molecule has 1 aliphatic carbocycles. The molecule has 0 heterocycles. The molecular weight excluding hydrogens is 780 g/mol. The fourth-order valence-electron chi connectivity index (χ4n) is 6.46. The van der Waals surface area contributed by atoms with E-state index in [1.165, 1.54) is 11.1 Å². The van der Waals surface area contributed by atoms with Gasteiger partial charge in [-0.05, 0) is 90.7 Å². The normalized spacial score (nSPS) is 16.7. The molecule has 0 fully saturated rings. The molecule has 0 radical (unpaired) electrons. The first kappa shape index (κ1) is 35.5. The fraction of sp³-hybridized carbons (Fsp3) is 0.297. The molecule has 0 N–H and O–H groups in total. The maximum atomic E-state index is 6.13. The number of alkyl halides is 1. The summed E-state index contributed by atoms with van der Waals surface area (Å²) in [5.74, 6) is 4.41. The lowest BCUT2D eigenvalue weighted by molar-refractivity contribution is 0.367. The van der Waals surface area contributed by atoms with Crippen molar-refractivity contribution in [1.29, 1.82) is 0 Å². The van der Waals surface area contributed by atoms with Gasteiger partial charge in [0.25, 0.3) is 0 Å². The molecular formula is C37H37Br3O6. The molecule has 1 aliphatic rings. The van der Waals surface area contributed by atoms with Gasteiger partial charge in [0, 0.05) is 40.4 Å². The topological polar surface area (TPSA) is 55.4 Å². The maximum absolute atomic E-state index is 6.13. The second-order valence-electron chi connectivity index (χ2n) is 10.5. The van der Waals surface area contributed by atoms with E-state index in [0.29, 0.717) is 16.8 Å². The van der Waals surface area contributed by atoms with Crippen LogP contribution in [-0.4, -0.2) is 42.7 Å². The lowest BCUT2D eigenvalue weighted by Gasteiger charge is -2.42. The van der Waals surface area contributed by atoms with Crippen LogP contribution in [0.4, 0.5) is 0 Å². The molecule has 3 atom stereocenters. The van der Waals surface area contributed by atoms with Gasteiger partial charge in [-0.15, -0.1) is 12.8 Å². The zero-order valence-corrected chi connectivity index (χ0v) is 31.4. The van der Waals surface area contributed by atoms with Crippen LogP contribution in [0.25, 0.3) is 0 Å². The molecule has 5 rings (SSSR count). The highest BCUT2D eigenvalue weighted by atomic mass is 79.9. The molecule has 0 saturated heterocycles. The molecule has 9 heteroatoms. The summed E-state index contributed by atoms with van der Waals surface area (Å²) in [7, 11) is 10.1. The Hall–Kier alpha value is -3.32. The van der Waals surface area contributed by atoms with Crippen LogP contribution in [0.15, 0.2) is 69.6 Å². The number of halogens is 3. The zero-order valence-electron chi connectivity index (χ0n) is 26.7. The smallest absolute Gasteiger partial charge is 0.137 e. The molecule has 4 aromatic rings. The molecule has 0 bridgehead atoms. The lowest BCUT2D eigenvalue weighted by Crippen LogP contribution is -2.27. The minimum absolute atomic E-state index is 0.0107. The van der Waals surface area contributed by atoms with Crippen LogP contribution in [0.1, 0.15) is 57.6 Å². The van der Waals surface area contributed by atoms with Crippen LogP contribution in [0.3, 0.4) is 0 Å². The first-order chi connectivity index (χ1) is 22.3. The highest BCUT2D eigenvalue weighted by Gasteiger charge is 2.44. The second kappa shape index (κ2) is 16.0. The van der Waals surface area contributed by atoms with E-state index in [1.54, 1.807) is 42.7 Å². The summed E-state index contributed by atoms with van der Waals surface area (Å²) in [5.41, 5.74) is 6.66. The third-order valence-electron chi connectivity index (χ3n) is 8.54. The molecule has 0 aromatic heterocycles. The van der Waals surface area contributed by atoms with E-state index in [1.807, 2.05) is 36.4 Å². The lowest BCUT2D eigenvalue weighted by atomic mass is 9.63. The Morgan fingerprint density at radius 1 is 0.587 bits per heavy atom. The highest BCUT2D eigenvalue weighted by Crippen LogP contribution is 2.61. The SMILES string of the molecule is C#C.COc1ccc(C2C[C@H](c3ccc(OC)cc3)c3c(OC)cc(OC)c(Br)c3C2c2c(OC)cc(OC)c(Br)c2CBr)cc1. The quantitative estimate of drug-likeness (QED) is 0.117. The van der Waals surface area contributed by atoms with Gasteiger partial charge in [0.2, 0.25) is 0 Å². The molecule has 2 unspecified atom stereocenters. The number of hydrogen-bond acceptors (Lipinski definition) is 6. The van der Waals surface area contributed by atoms with Crippen LogP contribution in [0, 0.1) is 12.8 Å².